The molecule has 0 radical (unpaired) electrons. The SMILES string of the molecule is CCc1ccsc1CNC(CC)C(N)=NO. The molecule has 1 aromatic rings. The molecule has 1 atom stereocenters. The molecule has 0 aromatic carbocycles. The molecule has 1 unspecified atom stereocenters. The van der Waals surface area contributed by atoms with Gasteiger partial charge in [-0.15, -0.1) is 11.3 Å². The van der Waals surface area contributed by atoms with Crippen molar-refractivity contribution in [3.8, 4) is 0 Å². The van der Waals surface area contributed by atoms with E-state index in [1.165, 1.54) is 10.4 Å². The molecule has 0 aliphatic carbocycles. The summed E-state index contributed by atoms with van der Waals surface area (Å²) < 4.78 is 0. The fourth-order valence-corrected chi connectivity index (χ4v) is 2.51. The van der Waals surface area contributed by atoms with Crippen LogP contribution < -0.4 is 11.1 Å². The maximum atomic E-state index is 8.62. The largest absolute Gasteiger partial charge is 0.409 e. The van der Waals surface area contributed by atoms with E-state index in [4.69, 9.17) is 10.9 Å². The molecular weight excluding hydrogens is 222 g/mol. The fourth-order valence-electron chi connectivity index (χ4n) is 1.58. The molecule has 0 amide bonds. The Kier molecular flexibility index (Phi) is 5.28. The number of amidine groups is 1. The summed E-state index contributed by atoms with van der Waals surface area (Å²) in [6.07, 6.45) is 1.85. The van der Waals surface area contributed by atoms with Gasteiger partial charge in [-0.25, -0.2) is 0 Å². The zero-order valence-corrected chi connectivity index (χ0v) is 10.5. The minimum Gasteiger partial charge on any atom is -0.409 e. The normalized spacial score (nSPS) is 14.0. The number of hydrogen-bond acceptors (Lipinski definition) is 4. The van der Waals surface area contributed by atoms with Crippen LogP contribution in [-0.4, -0.2) is 17.1 Å². The first-order valence-corrected chi connectivity index (χ1v) is 6.36. The Hall–Kier alpha value is -1.07. The summed E-state index contributed by atoms with van der Waals surface area (Å²) >= 11 is 1.74. The molecule has 0 spiro atoms. The Morgan fingerprint density at radius 3 is 2.94 bits per heavy atom. The smallest absolute Gasteiger partial charge is 0.156 e. The van der Waals surface area contributed by atoms with E-state index in [2.05, 4.69) is 28.8 Å². The zero-order chi connectivity index (χ0) is 12.0. The number of nitrogens with one attached hydrogen (secondary N) is 1. The van der Waals surface area contributed by atoms with Crippen molar-refractivity contribution in [2.24, 2.45) is 10.9 Å². The summed E-state index contributed by atoms with van der Waals surface area (Å²) in [5, 5.41) is 17.0. The highest BCUT2D eigenvalue weighted by Crippen LogP contribution is 2.17. The first-order chi connectivity index (χ1) is 7.72. The van der Waals surface area contributed by atoms with Gasteiger partial charge in [0.1, 0.15) is 0 Å². The van der Waals surface area contributed by atoms with E-state index in [1.54, 1.807) is 11.3 Å². The van der Waals surface area contributed by atoms with Crippen LogP contribution in [0.5, 0.6) is 0 Å². The second kappa shape index (κ2) is 6.50. The van der Waals surface area contributed by atoms with Crippen molar-refractivity contribution in [1.29, 1.82) is 0 Å². The number of hydrogen-bond donors (Lipinski definition) is 3. The highest BCUT2D eigenvalue weighted by molar-refractivity contribution is 7.10. The molecule has 4 nitrogen and oxygen atoms in total. The number of aryl methyl sites for hydroxylation is 1. The molecule has 90 valence electrons. The minimum absolute atomic E-state index is 0.0585. The average molecular weight is 241 g/mol. The second-order valence-corrected chi connectivity index (χ2v) is 4.59. The summed E-state index contributed by atoms with van der Waals surface area (Å²) in [6, 6.07) is 2.09. The maximum Gasteiger partial charge on any atom is 0.156 e. The van der Waals surface area contributed by atoms with Gasteiger partial charge in [0.05, 0.1) is 6.04 Å². The number of nitrogens with two attached hydrogens (primary N) is 1. The van der Waals surface area contributed by atoms with E-state index in [9.17, 15) is 0 Å². The van der Waals surface area contributed by atoms with Gasteiger partial charge in [0.25, 0.3) is 0 Å². The van der Waals surface area contributed by atoms with Gasteiger partial charge >= 0.3 is 0 Å². The van der Waals surface area contributed by atoms with Crippen molar-refractivity contribution < 1.29 is 5.21 Å². The molecule has 4 N–H and O–H groups in total. The summed E-state index contributed by atoms with van der Waals surface area (Å²) in [7, 11) is 0. The van der Waals surface area contributed by atoms with Gasteiger partial charge in [0.2, 0.25) is 0 Å². The summed E-state index contributed by atoms with van der Waals surface area (Å²) in [4.78, 5) is 1.33. The van der Waals surface area contributed by atoms with E-state index in [1.807, 2.05) is 6.92 Å². The van der Waals surface area contributed by atoms with Crippen molar-refractivity contribution in [3.05, 3.63) is 21.9 Å². The molecule has 5 heteroatoms. The molecular formula is C11H19N3OS. The van der Waals surface area contributed by atoms with E-state index >= 15 is 0 Å². The van der Waals surface area contributed by atoms with Crippen LogP contribution in [0.4, 0.5) is 0 Å². The van der Waals surface area contributed by atoms with Crippen LogP contribution >= 0.6 is 11.3 Å². The highest BCUT2D eigenvalue weighted by atomic mass is 32.1. The zero-order valence-electron chi connectivity index (χ0n) is 9.73. The van der Waals surface area contributed by atoms with Crippen molar-refractivity contribution >= 4 is 17.2 Å². The van der Waals surface area contributed by atoms with E-state index in [0.717, 1.165) is 19.4 Å². The first-order valence-electron chi connectivity index (χ1n) is 5.48. The Balaban J connectivity index is 2.56. The molecule has 0 bridgehead atoms. The lowest BCUT2D eigenvalue weighted by molar-refractivity contribution is 0.314. The molecule has 0 saturated carbocycles. The molecule has 0 fully saturated rings. The van der Waals surface area contributed by atoms with Crippen LogP contribution in [0.3, 0.4) is 0 Å². The van der Waals surface area contributed by atoms with Crippen molar-refractivity contribution in [2.45, 2.75) is 39.3 Å². The molecule has 1 aromatic heterocycles. The van der Waals surface area contributed by atoms with Crippen molar-refractivity contribution in [2.75, 3.05) is 0 Å². The molecule has 0 aliphatic rings. The van der Waals surface area contributed by atoms with Gasteiger partial charge in [-0.1, -0.05) is 19.0 Å². The van der Waals surface area contributed by atoms with Crippen LogP contribution in [0.25, 0.3) is 0 Å². The van der Waals surface area contributed by atoms with Crippen LogP contribution in [0.15, 0.2) is 16.6 Å². The van der Waals surface area contributed by atoms with Gasteiger partial charge < -0.3 is 16.3 Å². The average Bonchev–Trinajstić information content (AvgIpc) is 2.76. The molecule has 16 heavy (non-hydrogen) atoms. The fraction of sp³-hybridized carbons (Fsp3) is 0.545. The van der Waals surface area contributed by atoms with Crippen molar-refractivity contribution in [1.82, 2.24) is 5.32 Å². The summed E-state index contributed by atoms with van der Waals surface area (Å²) in [5.41, 5.74) is 6.95. The van der Waals surface area contributed by atoms with Gasteiger partial charge in [-0.2, -0.15) is 0 Å². The Morgan fingerprint density at radius 1 is 1.62 bits per heavy atom. The second-order valence-electron chi connectivity index (χ2n) is 3.59. The van der Waals surface area contributed by atoms with Crippen LogP contribution in [0, 0.1) is 0 Å². The van der Waals surface area contributed by atoms with E-state index in [-0.39, 0.29) is 11.9 Å². The standard InChI is InChI=1S/C11H19N3OS/c1-3-8-5-6-16-10(8)7-13-9(4-2)11(12)14-15/h5-6,9,13,15H,3-4,7H2,1-2H3,(H2,12,14). The van der Waals surface area contributed by atoms with Gasteiger partial charge in [-0.3, -0.25) is 0 Å². The third-order valence-electron chi connectivity index (χ3n) is 2.61. The Morgan fingerprint density at radius 2 is 2.38 bits per heavy atom. The van der Waals surface area contributed by atoms with E-state index in [0.29, 0.717) is 0 Å². The van der Waals surface area contributed by atoms with Gasteiger partial charge in [0.15, 0.2) is 5.84 Å². The number of thiophene rings is 1. The lowest BCUT2D eigenvalue weighted by Gasteiger charge is -2.15. The van der Waals surface area contributed by atoms with Gasteiger partial charge in [-0.05, 0) is 29.9 Å². The summed E-state index contributed by atoms with van der Waals surface area (Å²) in [6.45, 7) is 4.92. The maximum absolute atomic E-state index is 8.62. The Bertz CT molecular complexity index is 349. The molecule has 1 rings (SSSR count). The van der Waals surface area contributed by atoms with E-state index < -0.39 is 0 Å². The van der Waals surface area contributed by atoms with Crippen LogP contribution in [0.1, 0.15) is 30.7 Å². The number of rotatable bonds is 6. The number of nitrogens with zero attached hydrogens (tertiary/aromatic N) is 1. The molecule has 0 aliphatic heterocycles. The first kappa shape index (κ1) is 13.0. The lowest BCUT2D eigenvalue weighted by Crippen LogP contribution is -2.40. The molecule has 1 heterocycles. The monoisotopic (exact) mass is 241 g/mol. The van der Waals surface area contributed by atoms with Crippen molar-refractivity contribution in [3.63, 3.8) is 0 Å². The van der Waals surface area contributed by atoms with Crippen LogP contribution in [-0.2, 0) is 13.0 Å². The predicted molar refractivity (Wildman–Crippen MR) is 68.0 cm³/mol. The van der Waals surface area contributed by atoms with Crippen LogP contribution in [0.2, 0.25) is 0 Å². The highest BCUT2D eigenvalue weighted by Gasteiger charge is 2.11. The Labute approximate surface area is 100 Å². The van der Waals surface area contributed by atoms with Gasteiger partial charge in [0, 0.05) is 11.4 Å². The third-order valence-corrected chi connectivity index (χ3v) is 3.57. The minimum atomic E-state index is -0.0585. The summed E-state index contributed by atoms with van der Waals surface area (Å²) in [5.74, 6) is 0.247. The topological polar surface area (TPSA) is 70.6 Å². The number of oxime groups is 1. The quantitative estimate of drug-likeness (QED) is 0.308. The predicted octanol–water partition coefficient (Wildman–Crippen LogP) is 1.93. The molecule has 0 saturated heterocycles. The lowest BCUT2D eigenvalue weighted by atomic mass is 10.2. The third kappa shape index (κ3) is 3.21.